The summed E-state index contributed by atoms with van der Waals surface area (Å²) in [6.07, 6.45) is -3.43. The van der Waals surface area contributed by atoms with Gasteiger partial charge in [0.25, 0.3) is 11.8 Å². The molecule has 0 unspecified atom stereocenters. The second-order valence-corrected chi connectivity index (χ2v) is 9.17. The third kappa shape index (κ3) is 10.7. The summed E-state index contributed by atoms with van der Waals surface area (Å²) in [7, 11) is 0. The van der Waals surface area contributed by atoms with Gasteiger partial charge in [0.1, 0.15) is 17.9 Å². The molecule has 0 radical (unpaired) electrons. The molecule has 4 rings (SSSR count). The molecule has 3 N–H and O–H groups in total. The molecule has 44 heavy (non-hydrogen) atoms. The number of ether oxygens (including phenoxy) is 3. The Kier molecular flexibility index (Phi) is 11.6. The minimum absolute atomic E-state index is 0.156. The van der Waals surface area contributed by atoms with Gasteiger partial charge in [-0.05, 0) is 48.5 Å². The van der Waals surface area contributed by atoms with E-state index >= 15 is 0 Å². The van der Waals surface area contributed by atoms with Crippen LogP contribution in [0.5, 0.6) is 5.75 Å². The maximum Gasteiger partial charge on any atom is 0.573 e. The van der Waals surface area contributed by atoms with Crippen molar-refractivity contribution in [2.45, 2.75) is 6.36 Å². The van der Waals surface area contributed by atoms with Crippen LogP contribution in [0, 0.1) is 0 Å². The van der Waals surface area contributed by atoms with Crippen molar-refractivity contribution in [1.82, 2.24) is 20.6 Å². The van der Waals surface area contributed by atoms with E-state index in [9.17, 15) is 22.8 Å². The quantitative estimate of drug-likeness (QED) is 0.161. The van der Waals surface area contributed by atoms with Gasteiger partial charge in [-0.25, -0.2) is 9.97 Å². The molecule has 0 atom stereocenters. The van der Waals surface area contributed by atoms with Gasteiger partial charge >= 0.3 is 6.36 Å². The van der Waals surface area contributed by atoms with Crippen molar-refractivity contribution in [2.75, 3.05) is 44.8 Å². The predicted molar refractivity (Wildman–Crippen MR) is 157 cm³/mol. The number of carbonyl (C=O) groups excluding carboxylic acids is 2. The van der Waals surface area contributed by atoms with Gasteiger partial charge in [0, 0.05) is 41.5 Å². The molecular weight excluding hydrogens is 579 g/mol. The molecule has 10 nitrogen and oxygen atoms in total. The summed E-state index contributed by atoms with van der Waals surface area (Å²) in [5, 5.41) is 8.58. The van der Waals surface area contributed by atoms with Crippen LogP contribution in [0.2, 0.25) is 0 Å². The molecule has 0 saturated heterocycles. The third-order valence-corrected chi connectivity index (χ3v) is 5.92. The number of rotatable bonds is 15. The van der Waals surface area contributed by atoms with Gasteiger partial charge in [0.05, 0.1) is 32.1 Å². The highest BCUT2D eigenvalue weighted by Gasteiger charge is 2.30. The van der Waals surface area contributed by atoms with Crippen LogP contribution in [0.25, 0.3) is 11.3 Å². The third-order valence-electron chi connectivity index (χ3n) is 5.92. The van der Waals surface area contributed by atoms with Crippen molar-refractivity contribution in [3.05, 3.63) is 102 Å². The van der Waals surface area contributed by atoms with Crippen molar-refractivity contribution in [3.8, 4) is 17.0 Å². The van der Waals surface area contributed by atoms with E-state index in [4.69, 9.17) is 9.47 Å². The van der Waals surface area contributed by atoms with Gasteiger partial charge in [0.2, 0.25) is 0 Å². The number of anilines is 2. The van der Waals surface area contributed by atoms with Crippen LogP contribution in [0.15, 0.2) is 91.3 Å². The standard InChI is InChI=1S/C31H30F3N5O5/c32-31(33,34)44-26-11-9-25(10-12-26)39-28-20-27(37-21-38-28)23-7-4-8-24(19-23)30(41)36-14-16-43-18-17-42-15-13-35-29(40)22-5-2-1-3-6-22/h1-12,19-21H,13-18H2,(H,35,40)(H,36,41)(H,37,38,39). The van der Waals surface area contributed by atoms with Crippen molar-refractivity contribution in [3.63, 3.8) is 0 Å². The molecule has 0 fully saturated rings. The Morgan fingerprint density at radius 3 is 2.00 bits per heavy atom. The lowest BCUT2D eigenvalue weighted by molar-refractivity contribution is -0.274. The number of amides is 2. The van der Waals surface area contributed by atoms with Gasteiger partial charge in [-0.2, -0.15) is 0 Å². The Morgan fingerprint density at radius 2 is 1.34 bits per heavy atom. The van der Waals surface area contributed by atoms with Gasteiger partial charge in [-0.1, -0.05) is 30.3 Å². The molecule has 1 heterocycles. The Bertz CT molecular complexity index is 1500. The average Bonchev–Trinajstić information content (AvgIpc) is 3.02. The maximum atomic E-state index is 12.7. The monoisotopic (exact) mass is 609 g/mol. The molecule has 0 bridgehead atoms. The molecule has 230 valence electrons. The molecule has 2 amide bonds. The summed E-state index contributed by atoms with van der Waals surface area (Å²) >= 11 is 0. The maximum absolute atomic E-state index is 12.7. The van der Waals surface area contributed by atoms with Crippen LogP contribution < -0.4 is 20.7 Å². The lowest BCUT2D eigenvalue weighted by Gasteiger charge is -2.11. The predicted octanol–water partition coefficient (Wildman–Crippen LogP) is 4.98. The van der Waals surface area contributed by atoms with Gasteiger partial charge < -0.3 is 30.2 Å². The van der Waals surface area contributed by atoms with Crippen molar-refractivity contribution in [1.29, 1.82) is 0 Å². The van der Waals surface area contributed by atoms with E-state index < -0.39 is 6.36 Å². The number of hydrogen-bond donors (Lipinski definition) is 3. The van der Waals surface area contributed by atoms with E-state index in [0.29, 0.717) is 73.4 Å². The van der Waals surface area contributed by atoms with Crippen LogP contribution in [-0.2, 0) is 9.47 Å². The topological polar surface area (TPSA) is 124 Å². The Morgan fingerprint density at radius 1 is 0.705 bits per heavy atom. The zero-order valence-electron chi connectivity index (χ0n) is 23.5. The Labute approximate surface area is 251 Å². The molecule has 4 aromatic rings. The summed E-state index contributed by atoms with van der Waals surface area (Å²) in [4.78, 5) is 33.0. The summed E-state index contributed by atoms with van der Waals surface area (Å²) in [5.74, 6) is -0.363. The zero-order valence-corrected chi connectivity index (χ0v) is 23.5. The van der Waals surface area contributed by atoms with E-state index in [0.717, 1.165) is 0 Å². The van der Waals surface area contributed by atoms with Crippen molar-refractivity contribution >= 4 is 23.3 Å². The molecule has 0 aliphatic rings. The first-order valence-electron chi connectivity index (χ1n) is 13.6. The van der Waals surface area contributed by atoms with Gasteiger partial charge in [-0.15, -0.1) is 13.2 Å². The number of nitrogens with one attached hydrogen (secondary N) is 3. The van der Waals surface area contributed by atoms with Crippen LogP contribution in [-0.4, -0.2) is 67.7 Å². The van der Waals surface area contributed by atoms with Gasteiger partial charge in [0.15, 0.2) is 0 Å². The van der Waals surface area contributed by atoms with Crippen molar-refractivity contribution in [2.24, 2.45) is 0 Å². The summed E-state index contributed by atoms with van der Waals surface area (Å²) < 4.78 is 52.0. The van der Waals surface area contributed by atoms with Gasteiger partial charge in [-0.3, -0.25) is 9.59 Å². The lowest BCUT2D eigenvalue weighted by atomic mass is 10.1. The smallest absolute Gasteiger partial charge is 0.406 e. The van der Waals surface area contributed by atoms with E-state index in [2.05, 4.69) is 30.7 Å². The highest BCUT2D eigenvalue weighted by atomic mass is 19.4. The van der Waals surface area contributed by atoms with Crippen LogP contribution in [0.3, 0.4) is 0 Å². The van der Waals surface area contributed by atoms with Crippen LogP contribution in [0.1, 0.15) is 20.7 Å². The Balaban J connectivity index is 1.15. The molecule has 13 heteroatoms. The lowest BCUT2D eigenvalue weighted by Crippen LogP contribution is -2.28. The normalized spacial score (nSPS) is 11.1. The van der Waals surface area contributed by atoms with E-state index in [1.54, 1.807) is 54.6 Å². The minimum Gasteiger partial charge on any atom is -0.406 e. The van der Waals surface area contributed by atoms with Crippen molar-refractivity contribution < 1.29 is 37.0 Å². The van der Waals surface area contributed by atoms with Crippen LogP contribution >= 0.6 is 0 Å². The first-order valence-corrected chi connectivity index (χ1v) is 13.6. The molecule has 0 spiro atoms. The zero-order chi connectivity index (χ0) is 31.2. The van der Waals surface area contributed by atoms with E-state index in [1.807, 2.05) is 6.07 Å². The fourth-order valence-corrected chi connectivity index (χ4v) is 3.88. The molecule has 3 aromatic carbocycles. The number of benzene rings is 3. The second kappa shape index (κ2) is 16.0. The fraction of sp³-hybridized carbons (Fsp3) is 0.226. The second-order valence-electron chi connectivity index (χ2n) is 9.17. The number of hydrogen-bond acceptors (Lipinski definition) is 8. The van der Waals surface area contributed by atoms with E-state index in [1.165, 1.54) is 30.6 Å². The molecule has 0 aliphatic carbocycles. The Hall–Kier alpha value is -5.01. The number of alkyl halides is 3. The minimum atomic E-state index is -4.77. The number of carbonyl (C=O) groups is 2. The molecule has 1 aromatic heterocycles. The van der Waals surface area contributed by atoms with Crippen LogP contribution in [0.4, 0.5) is 24.7 Å². The highest BCUT2D eigenvalue weighted by molar-refractivity contribution is 5.95. The summed E-state index contributed by atoms with van der Waals surface area (Å²) in [6, 6.07) is 22.7. The number of halogens is 3. The first-order chi connectivity index (χ1) is 21.3. The fourth-order valence-electron chi connectivity index (χ4n) is 3.88. The summed E-state index contributed by atoms with van der Waals surface area (Å²) in [6.45, 7) is 2.02. The molecular formula is C31H30F3N5O5. The highest BCUT2D eigenvalue weighted by Crippen LogP contribution is 2.26. The number of aromatic nitrogens is 2. The van der Waals surface area contributed by atoms with E-state index in [-0.39, 0.29) is 17.6 Å². The SMILES string of the molecule is O=C(NCCOCCOCCNC(=O)c1cccc(-c2cc(Nc3ccc(OC(F)(F)F)cc3)ncn2)c1)c1ccccc1. The first kappa shape index (κ1) is 31.9. The largest absolute Gasteiger partial charge is 0.573 e. The molecule has 0 aliphatic heterocycles. The number of nitrogens with zero attached hydrogens (tertiary/aromatic N) is 2. The molecule has 0 saturated carbocycles. The summed E-state index contributed by atoms with van der Waals surface area (Å²) in [5.41, 5.74) is 2.73. The average molecular weight is 610 g/mol.